The second-order valence-corrected chi connectivity index (χ2v) is 8.40. The monoisotopic (exact) mass is 420 g/mol. The predicted octanol–water partition coefficient (Wildman–Crippen LogP) is 3.60. The molecular formula is C23H24N4O2S. The van der Waals surface area contributed by atoms with Gasteiger partial charge in [0, 0.05) is 29.3 Å². The summed E-state index contributed by atoms with van der Waals surface area (Å²) in [5.41, 5.74) is 4.70. The molecule has 0 saturated heterocycles. The Bertz CT molecular complexity index is 1110. The number of para-hydroxylation sites is 1. The minimum atomic E-state index is -0.263. The van der Waals surface area contributed by atoms with Crippen molar-refractivity contribution in [3.8, 4) is 0 Å². The Morgan fingerprint density at radius 1 is 1.17 bits per heavy atom. The summed E-state index contributed by atoms with van der Waals surface area (Å²) in [4.78, 5) is 33.8. The lowest BCUT2D eigenvalue weighted by Crippen LogP contribution is -2.30. The number of carbonyl (C=O) groups is 1. The number of aromatic nitrogens is 3. The number of benzene rings is 1. The van der Waals surface area contributed by atoms with Crippen LogP contribution in [0.5, 0.6) is 0 Å². The van der Waals surface area contributed by atoms with E-state index in [1.54, 1.807) is 17.0 Å². The van der Waals surface area contributed by atoms with Gasteiger partial charge < -0.3 is 5.32 Å². The van der Waals surface area contributed by atoms with Crippen LogP contribution in [0.1, 0.15) is 35.2 Å². The van der Waals surface area contributed by atoms with E-state index in [0.29, 0.717) is 11.6 Å². The van der Waals surface area contributed by atoms with E-state index in [1.807, 2.05) is 43.3 Å². The van der Waals surface area contributed by atoms with E-state index < -0.39 is 0 Å². The van der Waals surface area contributed by atoms with Gasteiger partial charge in [-0.2, -0.15) is 4.98 Å². The van der Waals surface area contributed by atoms with Crippen molar-refractivity contribution in [2.24, 2.45) is 0 Å². The summed E-state index contributed by atoms with van der Waals surface area (Å²) >= 11 is 1.35. The molecule has 30 heavy (non-hydrogen) atoms. The highest BCUT2D eigenvalue weighted by Gasteiger charge is 2.21. The molecule has 2 heterocycles. The van der Waals surface area contributed by atoms with Crippen molar-refractivity contribution < 1.29 is 4.79 Å². The van der Waals surface area contributed by atoms with Gasteiger partial charge in [-0.05, 0) is 55.9 Å². The molecule has 0 saturated carbocycles. The predicted molar refractivity (Wildman–Crippen MR) is 119 cm³/mol. The zero-order chi connectivity index (χ0) is 20.9. The number of fused-ring (bicyclic) bond motifs is 1. The summed E-state index contributed by atoms with van der Waals surface area (Å²) in [5.74, 6) is 0.125. The molecule has 0 radical (unpaired) electrons. The zero-order valence-electron chi connectivity index (χ0n) is 16.9. The summed E-state index contributed by atoms with van der Waals surface area (Å²) in [6.07, 6.45) is 7.37. The molecule has 0 atom stereocenters. The first-order valence-corrected chi connectivity index (χ1v) is 11.1. The molecule has 1 aliphatic rings. The molecule has 1 aliphatic carbocycles. The maximum absolute atomic E-state index is 12.8. The lowest BCUT2D eigenvalue weighted by molar-refractivity contribution is -0.113. The minimum absolute atomic E-state index is 0.0970. The maximum Gasteiger partial charge on any atom is 0.349 e. The molecule has 0 bridgehead atoms. The van der Waals surface area contributed by atoms with E-state index in [0.717, 1.165) is 53.8 Å². The fourth-order valence-corrected chi connectivity index (χ4v) is 4.61. The van der Waals surface area contributed by atoms with Crippen molar-refractivity contribution in [1.82, 2.24) is 14.5 Å². The molecule has 2 aromatic heterocycles. The summed E-state index contributed by atoms with van der Waals surface area (Å²) in [6.45, 7) is 2.43. The average Bonchev–Trinajstić information content (AvgIpc) is 2.77. The van der Waals surface area contributed by atoms with Gasteiger partial charge in [0.2, 0.25) is 5.91 Å². The first-order valence-electron chi connectivity index (χ1n) is 10.1. The van der Waals surface area contributed by atoms with Crippen LogP contribution in [0.3, 0.4) is 0 Å². The Hall–Kier alpha value is -2.93. The van der Waals surface area contributed by atoms with E-state index in [1.165, 1.54) is 11.8 Å². The number of pyridine rings is 1. The van der Waals surface area contributed by atoms with Gasteiger partial charge in [-0.3, -0.25) is 14.3 Å². The number of amides is 1. The van der Waals surface area contributed by atoms with Crippen molar-refractivity contribution in [1.29, 1.82) is 0 Å². The minimum Gasteiger partial charge on any atom is -0.325 e. The number of aryl methyl sites for hydroxylation is 1. The van der Waals surface area contributed by atoms with Crippen molar-refractivity contribution in [3.05, 3.63) is 81.7 Å². The quantitative estimate of drug-likeness (QED) is 0.487. The number of rotatable bonds is 6. The van der Waals surface area contributed by atoms with Crippen molar-refractivity contribution in [2.45, 2.75) is 44.2 Å². The topological polar surface area (TPSA) is 76.9 Å². The summed E-state index contributed by atoms with van der Waals surface area (Å²) in [5, 5.41) is 3.63. The number of hydrogen-bond donors (Lipinski definition) is 1. The van der Waals surface area contributed by atoms with E-state index >= 15 is 0 Å². The molecule has 3 aromatic rings. The van der Waals surface area contributed by atoms with Crippen LogP contribution in [-0.2, 0) is 24.2 Å². The Balaban J connectivity index is 1.54. The van der Waals surface area contributed by atoms with E-state index in [2.05, 4.69) is 15.3 Å². The van der Waals surface area contributed by atoms with Gasteiger partial charge in [0.25, 0.3) is 0 Å². The molecule has 6 nitrogen and oxygen atoms in total. The fraction of sp³-hybridized carbons (Fsp3) is 0.304. The van der Waals surface area contributed by atoms with E-state index in [4.69, 9.17) is 0 Å². The number of nitrogens with one attached hydrogen (secondary N) is 1. The van der Waals surface area contributed by atoms with Gasteiger partial charge in [0.15, 0.2) is 0 Å². The second-order valence-electron chi connectivity index (χ2n) is 7.43. The smallest absolute Gasteiger partial charge is 0.325 e. The van der Waals surface area contributed by atoms with Crippen LogP contribution in [-0.4, -0.2) is 26.2 Å². The molecule has 0 fully saturated rings. The Morgan fingerprint density at radius 2 is 2.00 bits per heavy atom. The van der Waals surface area contributed by atoms with Crippen LogP contribution in [0, 0.1) is 6.92 Å². The van der Waals surface area contributed by atoms with Gasteiger partial charge in [-0.25, -0.2) is 4.79 Å². The van der Waals surface area contributed by atoms with Gasteiger partial charge in [-0.1, -0.05) is 36.0 Å². The lowest BCUT2D eigenvalue weighted by Gasteiger charge is -2.22. The maximum atomic E-state index is 12.8. The number of anilines is 1. The van der Waals surface area contributed by atoms with E-state index in [9.17, 15) is 9.59 Å². The molecule has 0 spiro atoms. The summed E-state index contributed by atoms with van der Waals surface area (Å²) in [7, 11) is 0. The van der Waals surface area contributed by atoms with Crippen molar-refractivity contribution in [2.75, 3.05) is 11.1 Å². The Kier molecular flexibility index (Phi) is 6.28. The second kappa shape index (κ2) is 9.26. The van der Waals surface area contributed by atoms with Crippen LogP contribution >= 0.6 is 11.8 Å². The third kappa shape index (κ3) is 4.62. The number of carbonyl (C=O) groups excluding carboxylic acids is 1. The molecule has 1 amide bonds. The van der Waals surface area contributed by atoms with Gasteiger partial charge in [-0.15, -0.1) is 0 Å². The Labute approximate surface area is 179 Å². The number of thioether (sulfide) groups is 1. The van der Waals surface area contributed by atoms with Crippen LogP contribution < -0.4 is 11.0 Å². The summed E-state index contributed by atoms with van der Waals surface area (Å²) in [6, 6.07) is 11.5. The molecule has 0 unspecified atom stereocenters. The highest BCUT2D eigenvalue weighted by Crippen LogP contribution is 2.29. The lowest BCUT2D eigenvalue weighted by atomic mass is 9.97. The largest absolute Gasteiger partial charge is 0.349 e. The normalized spacial score (nSPS) is 13.0. The first-order chi connectivity index (χ1) is 14.6. The van der Waals surface area contributed by atoms with Crippen LogP contribution in [0.2, 0.25) is 0 Å². The van der Waals surface area contributed by atoms with Gasteiger partial charge in [0.1, 0.15) is 5.03 Å². The Morgan fingerprint density at radius 3 is 2.80 bits per heavy atom. The molecule has 1 N–H and O–H groups in total. The molecule has 1 aromatic carbocycles. The standard InChI is InChI=1S/C23H24N4O2S/c1-16-7-2-4-10-19(16)25-21(28)15-30-22-18-9-3-5-11-20(18)27(23(29)26-22)14-17-8-6-12-24-13-17/h2,4,6-8,10,12-13H,3,5,9,11,14-15H2,1H3,(H,25,28). The van der Waals surface area contributed by atoms with Crippen LogP contribution in [0.4, 0.5) is 5.69 Å². The van der Waals surface area contributed by atoms with Crippen molar-refractivity contribution in [3.63, 3.8) is 0 Å². The van der Waals surface area contributed by atoms with Crippen LogP contribution in [0.15, 0.2) is 58.6 Å². The highest BCUT2D eigenvalue weighted by atomic mass is 32.2. The van der Waals surface area contributed by atoms with Gasteiger partial charge in [0.05, 0.1) is 12.3 Å². The average molecular weight is 421 g/mol. The van der Waals surface area contributed by atoms with Crippen molar-refractivity contribution >= 4 is 23.4 Å². The zero-order valence-corrected chi connectivity index (χ0v) is 17.7. The first kappa shape index (κ1) is 20.3. The van der Waals surface area contributed by atoms with E-state index in [-0.39, 0.29) is 17.3 Å². The highest BCUT2D eigenvalue weighted by molar-refractivity contribution is 8.00. The van der Waals surface area contributed by atoms with Gasteiger partial charge >= 0.3 is 5.69 Å². The third-order valence-corrected chi connectivity index (χ3v) is 6.29. The van der Waals surface area contributed by atoms with Crippen LogP contribution in [0.25, 0.3) is 0 Å². The molecule has 4 rings (SSSR count). The number of nitrogens with zero attached hydrogens (tertiary/aromatic N) is 3. The molecule has 0 aliphatic heterocycles. The fourth-order valence-electron chi connectivity index (χ4n) is 3.74. The summed E-state index contributed by atoms with van der Waals surface area (Å²) < 4.78 is 1.77. The number of hydrogen-bond acceptors (Lipinski definition) is 5. The molecule has 154 valence electrons. The molecule has 7 heteroatoms. The molecular weight excluding hydrogens is 396 g/mol. The SMILES string of the molecule is Cc1ccccc1NC(=O)CSc1nc(=O)n(Cc2cccnc2)c2c1CCCC2. The third-order valence-electron chi connectivity index (χ3n) is 5.27.